The maximum Gasteiger partial charge on any atom is 0.461 e. The van der Waals surface area contributed by atoms with E-state index in [4.69, 9.17) is 9.47 Å². The molecule has 0 bridgehead atoms. The van der Waals surface area contributed by atoms with E-state index in [2.05, 4.69) is 15.3 Å². The molecule has 0 saturated carbocycles. The minimum Gasteiger partial charge on any atom is -0.438 e. The summed E-state index contributed by atoms with van der Waals surface area (Å²) in [6, 6.07) is 6.28. The molecule has 1 amide bonds. The fourth-order valence-corrected chi connectivity index (χ4v) is 2.76. The molecule has 0 saturated heterocycles. The molecule has 1 atom stereocenters. The van der Waals surface area contributed by atoms with Crippen LogP contribution in [-0.2, 0) is 20.5 Å². The zero-order valence-corrected chi connectivity index (χ0v) is 18.0. The van der Waals surface area contributed by atoms with Crippen LogP contribution in [0, 0.1) is 0 Å². The predicted octanol–water partition coefficient (Wildman–Crippen LogP) is 3.23. The van der Waals surface area contributed by atoms with Gasteiger partial charge in [-0.15, -0.1) is 0 Å². The Morgan fingerprint density at radius 2 is 1.82 bits per heavy atom. The monoisotopic (exact) mass is 495 g/mol. The number of carbonyl (C=O) groups excluding carboxylic acids is 1. The topological polar surface area (TPSA) is 107 Å². The lowest BCUT2D eigenvalue weighted by molar-refractivity contribution is -0.292. The summed E-state index contributed by atoms with van der Waals surface area (Å²) in [4.78, 5) is 18.9. The van der Waals surface area contributed by atoms with E-state index in [1.807, 2.05) is 0 Å². The summed E-state index contributed by atoms with van der Waals surface area (Å²) in [5.74, 6) is -9.23. The number of nitrogens with zero attached hydrogens (tertiary/aromatic N) is 2. The maximum atomic E-state index is 13.7. The number of hydrogen-bond donors (Lipinski definition) is 1. The first-order valence-electron chi connectivity index (χ1n) is 8.97. The van der Waals surface area contributed by atoms with Crippen LogP contribution in [0.2, 0.25) is 0 Å². The third kappa shape index (κ3) is 7.18. The second kappa shape index (κ2) is 10.2. The molecule has 2 rings (SSSR count). The van der Waals surface area contributed by atoms with Crippen molar-refractivity contribution in [2.24, 2.45) is 0 Å². The molecule has 0 aliphatic rings. The number of alkyl halides is 5. The minimum absolute atomic E-state index is 0.00283. The number of ether oxygens (including phenoxy) is 2. The van der Waals surface area contributed by atoms with Crippen LogP contribution in [0.3, 0.4) is 0 Å². The van der Waals surface area contributed by atoms with E-state index in [0.29, 0.717) is 6.20 Å². The smallest absolute Gasteiger partial charge is 0.438 e. The van der Waals surface area contributed by atoms with E-state index < -0.39 is 51.2 Å². The molecule has 0 spiro atoms. The van der Waals surface area contributed by atoms with E-state index in [-0.39, 0.29) is 12.4 Å². The first-order valence-corrected chi connectivity index (χ1v) is 10.9. The van der Waals surface area contributed by atoms with Crippen LogP contribution >= 0.6 is 0 Å². The number of nitrogens with one attached hydrogen (secondary N) is 1. The number of carbonyl (C=O) groups is 1. The van der Waals surface area contributed by atoms with Crippen molar-refractivity contribution < 1.29 is 44.6 Å². The van der Waals surface area contributed by atoms with Gasteiger partial charge in [0, 0.05) is 25.0 Å². The molecule has 8 nitrogen and oxygen atoms in total. The quantitative estimate of drug-likeness (QED) is 0.533. The Bertz CT molecular complexity index is 1110. The Labute approximate surface area is 185 Å². The average Bonchev–Trinajstić information content (AvgIpc) is 2.71. The normalized spacial score (nSPS) is 13.7. The highest BCUT2D eigenvalue weighted by molar-refractivity contribution is 7.93. The number of halogens is 5. The second-order valence-corrected chi connectivity index (χ2v) is 8.52. The van der Waals surface area contributed by atoms with Crippen molar-refractivity contribution in [3.05, 3.63) is 59.4 Å². The summed E-state index contributed by atoms with van der Waals surface area (Å²) < 4.78 is 98.6. The number of hydrogen-bond acceptors (Lipinski definition) is 7. The zero-order chi connectivity index (χ0) is 24.9. The van der Waals surface area contributed by atoms with Crippen LogP contribution in [0.25, 0.3) is 0 Å². The van der Waals surface area contributed by atoms with Crippen LogP contribution in [0.15, 0.2) is 48.0 Å². The van der Waals surface area contributed by atoms with Crippen molar-refractivity contribution in [1.82, 2.24) is 15.3 Å². The van der Waals surface area contributed by atoms with Crippen molar-refractivity contribution in [2.75, 3.05) is 20.0 Å². The Hall–Kier alpha value is -3.13. The summed E-state index contributed by atoms with van der Waals surface area (Å²) in [6.07, 6.45) is -3.52. The molecule has 2 aromatic rings. The van der Waals surface area contributed by atoms with Crippen LogP contribution in [0.1, 0.15) is 16.2 Å². The Balaban J connectivity index is 2.47. The molecule has 1 unspecified atom stereocenters. The second-order valence-electron chi connectivity index (χ2n) is 6.59. The van der Waals surface area contributed by atoms with Gasteiger partial charge in [0.15, 0.2) is 9.84 Å². The Kier molecular flexibility index (Phi) is 8.08. The van der Waals surface area contributed by atoms with Gasteiger partial charge in [-0.05, 0) is 18.2 Å². The van der Waals surface area contributed by atoms with Gasteiger partial charge in [-0.3, -0.25) is 4.79 Å². The van der Waals surface area contributed by atoms with E-state index in [0.717, 1.165) is 17.7 Å². The highest BCUT2D eigenvalue weighted by atomic mass is 32.2. The summed E-state index contributed by atoms with van der Waals surface area (Å²) in [7, 11) is -2.28. The first kappa shape index (κ1) is 26.1. The minimum atomic E-state index is -5.99. The maximum absolute atomic E-state index is 13.7. The molecule has 1 aromatic heterocycles. The molecule has 1 N–H and O–H groups in total. The van der Waals surface area contributed by atoms with Crippen molar-refractivity contribution >= 4 is 15.7 Å². The summed E-state index contributed by atoms with van der Waals surface area (Å²) in [5.41, 5.74) is -0.575. The molecule has 180 valence electrons. The van der Waals surface area contributed by atoms with Gasteiger partial charge in [0.25, 0.3) is 5.91 Å². The molecule has 33 heavy (non-hydrogen) atoms. The van der Waals surface area contributed by atoms with Gasteiger partial charge >= 0.3 is 12.1 Å². The summed E-state index contributed by atoms with van der Waals surface area (Å²) in [5, 5.41) is 3.14. The van der Waals surface area contributed by atoms with Crippen molar-refractivity contribution in [3.8, 4) is 11.6 Å². The summed E-state index contributed by atoms with van der Waals surface area (Å²) in [6.45, 7) is -0.183. The van der Waals surface area contributed by atoms with Gasteiger partial charge < -0.3 is 14.8 Å². The van der Waals surface area contributed by atoms with Gasteiger partial charge in [-0.1, -0.05) is 18.2 Å². The number of aromatic nitrogens is 2. The Morgan fingerprint density at radius 1 is 1.18 bits per heavy atom. The van der Waals surface area contributed by atoms with Crippen LogP contribution in [0.4, 0.5) is 22.0 Å². The van der Waals surface area contributed by atoms with E-state index >= 15 is 0 Å². The Morgan fingerprint density at radius 3 is 2.36 bits per heavy atom. The van der Waals surface area contributed by atoms with Gasteiger partial charge in [0.05, 0.1) is 12.6 Å². The lowest BCUT2D eigenvalue weighted by Gasteiger charge is -2.20. The molecular weight excluding hydrogens is 477 g/mol. The number of amides is 1. The number of sulfone groups is 1. The van der Waals surface area contributed by atoms with Crippen LogP contribution in [0.5, 0.6) is 11.6 Å². The predicted molar refractivity (Wildman–Crippen MR) is 106 cm³/mol. The van der Waals surface area contributed by atoms with Crippen LogP contribution < -0.4 is 10.1 Å². The van der Waals surface area contributed by atoms with Crippen molar-refractivity contribution in [1.29, 1.82) is 0 Å². The van der Waals surface area contributed by atoms with Gasteiger partial charge in [-0.2, -0.15) is 26.9 Å². The van der Waals surface area contributed by atoms with Gasteiger partial charge in [0.2, 0.25) is 11.7 Å². The highest BCUT2D eigenvalue weighted by Gasteiger charge is 2.61. The lowest BCUT2D eigenvalue weighted by atomic mass is 10.2. The molecule has 1 heterocycles. The van der Waals surface area contributed by atoms with Gasteiger partial charge in [0.1, 0.15) is 11.3 Å². The number of methoxy groups -OCH3 is 1. The molecule has 0 aliphatic heterocycles. The molecule has 0 fully saturated rings. The summed E-state index contributed by atoms with van der Waals surface area (Å²) >= 11 is 0. The molecule has 0 aliphatic carbocycles. The average molecular weight is 495 g/mol. The fraction of sp³-hybridized carbons (Fsp3) is 0.316. The zero-order valence-electron chi connectivity index (χ0n) is 17.1. The highest BCUT2D eigenvalue weighted by Crippen LogP contribution is 2.43. The fourth-order valence-electron chi connectivity index (χ4n) is 2.29. The molecular formula is C19H18F5N3O5S. The standard InChI is InChI=1S/C19H18F5N3O5S/c1-31-11-12(8-9-33(2,29)30)26-15(28)14-10-25-17(18(20,21)19(22,23)24)27-16(14)32-13-6-4-3-5-7-13/h3-10,12H,11H2,1-2H3,(H,26,28). The number of rotatable bonds is 9. The first-order chi connectivity index (χ1) is 15.2. The van der Waals surface area contributed by atoms with Crippen molar-refractivity contribution in [3.63, 3.8) is 0 Å². The largest absolute Gasteiger partial charge is 0.461 e. The molecule has 0 radical (unpaired) electrons. The van der Waals surface area contributed by atoms with E-state index in [9.17, 15) is 35.2 Å². The SMILES string of the molecule is COCC(C=CS(C)(=O)=O)NC(=O)c1cnc(C(F)(F)C(F)(F)F)nc1Oc1ccccc1. The lowest BCUT2D eigenvalue weighted by Crippen LogP contribution is -2.38. The van der Waals surface area contributed by atoms with E-state index in [1.54, 1.807) is 6.07 Å². The molecule has 1 aromatic carbocycles. The van der Waals surface area contributed by atoms with Crippen molar-refractivity contribution in [2.45, 2.75) is 18.1 Å². The van der Waals surface area contributed by atoms with Gasteiger partial charge in [-0.25, -0.2) is 13.4 Å². The number of benzene rings is 1. The van der Waals surface area contributed by atoms with E-state index in [1.165, 1.54) is 31.4 Å². The van der Waals surface area contributed by atoms with Crippen LogP contribution in [-0.4, -0.2) is 56.5 Å². The third-order valence-electron chi connectivity index (χ3n) is 3.81. The molecule has 14 heteroatoms. The third-order valence-corrected chi connectivity index (χ3v) is 4.47. The number of para-hydroxylation sites is 1.